The van der Waals surface area contributed by atoms with Gasteiger partial charge >= 0.3 is 0 Å². The first-order valence-electron chi connectivity index (χ1n) is 11.7. The van der Waals surface area contributed by atoms with Crippen LogP contribution in [0, 0.1) is 19.8 Å². The van der Waals surface area contributed by atoms with Crippen molar-refractivity contribution in [3.8, 4) is 17.2 Å². The molecule has 0 spiro atoms. The van der Waals surface area contributed by atoms with Gasteiger partial charge in [-0.3, -0.25) is 14.2 Å². The Morgan fingerprint density at radius 2 is 1.86 bits per heavy atom. The Hall–Kier alpha value is -3.46. The van der Waals surface area contributed by atoms with Crippen LogP contribution in [-0.4, -0.2) is 51.9 Å². The third-order valence-electron chi connectivity index (χ3n) is 6.56. The molecule has 0 unspecified atom stereocenters. The summed E-state index contributed by atoms with van der Waals surface area (Å²) in [7, 11) is 0. The van der Waals surface area contributed by atoms with Gasteiger partial charge in [-0.1, -0.05) is 17.8 Å². The standard InChI is InChI=1S/C26H28N4O4S/c1-17-3-5-21(13-18(17)2)30-12-9-27-26(30)35-15-24(31)29-10-7-19(8-11-29)25(32)28-20-4-6-22-23(14-20)34-16-33-22/h3-6,9,12-14,19H,7-8,10-11,15-16H2,1-2H3,(H,28,32). The van der Waals surface area contributed by atoms with Crippen LogP contribution in [0.25, 0.3) is 5.69 Å². The molecule has 35 heavy (non-hydrogen) atoms. The molecule has 1 saturated heterocycles. The van der Waals surface area contributed by atoms with Crippen LogP contribution in [0.3, 0.4) is 0 Å². The Labute approximate surface area is 208 Å². The number of anilines is 1. The Morgan fingerprint density at radius 1 is 1.06 bits per heavy atom. The zero-order valence-corrected chi connectivity index (χ0v) is 20.6. The highest BCUT2D eigenvalue weighted by atomic mass is 32.2. The number of ether oxygens (including phenoxy) is 2. The fourth-order valence-corrected chi connectivity index (χ4v) is 5.17. The van der Waals surface area contributed by atoms with Crippen molar-refractivity contribution >= 4 is 29.3 Å². The number of aryl methyl sites for hydroxylation is 2. The maximum absolute atomic E-state index is 12.9. The van der Waals surface area contributed by atoms with Crippen molar-refractivity contribution in [2.75, 3.05) is 31.0 Å². The highest BCUT2D eigenvalue weighted by molar-refractivity contribution is 7.99. The first kappa shape index (κ1) is 23.3. The van der Waals surface area contributed by atoms with Gasteiger partial charge in [-0.05, 0) is 62.1 Å². The number of thioether (sulfide) groups is 1. The lowest BCUT2D eigenvalue weighted by atomic mass is 9.96. The van der Waals surface area contributed by atoms with Crippen molar-refractivity contribution in [2.24, 2.45) is 5.92 Å². The van der Waals surface area contributed by atoms with Gasteiger partial charge in [0.1, 0.15) is 0 Å². The molecule has 0 aliphatic carbocycles. The van der Waals surface area contributed by atoms with Gasteiger partial charge in [0, 0.05) is 48.8 Å². The fourth-order valence-electron chi connectivity index (χ4n) is 4.30. The lowest BCUT2D eigenvalue weighted by Gasteiger charge is -2.31. The van der Waals surface area contributed by atoms with E-state index in [1.807, 2.05) is 21.7 Å². The van der Waals surface area contributed by atoms with E-state index in [1.54, 1.807) is 18.3 Å². The van der Waals surface area contributed by atoms with E-state index >= 15 is 0 Å². The van der Waals surface area contributed by atoms with Crippen LogP contribution in [0.5, 0.6) is 11.5 Å². The molecule has 2 aliphatic heterocycles. The van der Waals surface area contributed by atoms with E-state index in [1.165, 1.54) is 22.9 Å². The van der Waals surface area contributed by atoms with Crippen molar-refractivity contribution in [2.45, 2.75) is 31.8 Å². The minimum atomic E-state index is -0.124. The predicted molar refractivity (Wildman–Crippen MR) is 134 cm³/mol. The number of carbonyl (C=O) groups is 2. The molecule has 5 rings (SSSR count). The van der Waals surface area contributed by atoms with E-state index in [0.717, 1.165) is 10.8 Å². The third kappa shape index (κ3) is 5.14. The van der Waals surface area contributed by atoms with E-state index in [4.69, 9.17) is 9.47 Å². The van der Waals surface area contributed by atoms with E-state index < -0.39 is 0 Å². The smallest absolute Gasteiger partial charge is 0.233 e. The summed E-state index contributed by atoms with van der Waals surface area (Å²) in [6.45, 7) is 5.52. The molecule has 2 amide bonds. The number of hydrogen-bond acceptors (Lipinski definition) is 6. The number of carbonyl (C=O) groups excluding carboxylic acids is 2. The summed E-state index contributed by atoms with van der Waals surface area (Å²) in [5.41, 5.74) is 4.18. The van der Waals surface area contributed by atoms with Crippen LogP contribution in [-0.2, 0) is 9.59 Å². The maximum atomic E-state index is 12.9. The lowest BCUT2D eigenvalue weighted by Crippen LogP contribution is -2.42. The summed E-state index contributed by atoms with van der Waals surface area (Å²) in [5.74, 6) is 1.56. The molecule has 3 heterocycles. The minimum Gasteiger partial charge on any atom is -0.454 e. The molecule has 182 valence electrons. The second kappa shape index (κ2) is 10.0. The predicted octanol–water partition coefficient (Wildman–Crippen LogP) is 4.19. The van der Waals surface area contributed by atoms with Crippen LogP contribution < -0.4 is 14.8 Å². The zero-order chi connectivity index (χ0) is 24.4. The largest absolute Gasteiger partial charge is 0.454 e. The van der Waals surface area contributed by atoms with Crippen LogP contribution in [0.4, 0.5) is 5.69 Å². The van der Waals surface area contributed by atoms with Crippen LogP contribution in [0.15, 0.2) is 53.9 Å². The van der Waals surface area contributed by atoms with Gasteiger partial charge in [-0.25, -0.2) is 4.98 Å². The molecule has 0 saturated carbocycles. The van der Waals surface area contributed by atoms with Crippen molar-refractivity contribution < 1.29 is 19.1 Å². The van der Waals surface area contributed by atoms with E-state index in [2.05, 4.69) is 42.3 Å². The van der Waals surface area contributed by atoms with Gasteiger partial charge in [-0.2, -0.15) is 0 Å². The Morgan fingerprint density at radius 3 is 2.66 bits per heavy atom. The zero-order valence-electron chi connectivity index (χ0n) is 19.8. The molecule has 1 fully saturated rings. The first-order valence-corrected chi connectivity index (χ1v) is 12.7. The van der Waals surface area contributed by atoms with Gasteiger partial charge in [0.15, 0.2) is 16.7 Å². The van der Waals surface area contributed by atoms with Gasteiger partial charge in [0.25, 0.3) is 0 Å². The highest BCUT2D eigenvalue weighted by Crippen LogP contribution is 2.34. The molecule has 3 aromatic rings. The average Bonchev–Trinajstić information content (AvgIpc) is 3.53. The number of imidazole rings is 1. The molecule has 8 nitrogen and oxygen atoms in total. The summed E-state index contributed by atoms with van der Waals surface area (Å²) < 4.78 is 12.7. The summed E-state index contributed by atoms with van der Waals surface area (Å²) in [4.78, 5) is 31.9. The molecule has 1 aromatic heterocycles. The summed E-state index contributed by atoms with van der Waals surface area (Å²) in [6.07, 6.45) is 4.96. The topological polar surface area (TPSA) is 85.7 Å². The molecular weight excluding hydrogens is 464 g/mol. The number of benzene rings is 2. The van der Waals surface area contributed by atoms with E-state index in [0.29, 0.717) is 48.9 Å². The Balaban J connectivity index is 1.12. The molecule has 2 aliphatic rings. The van der Waals surface area contributed by atoms with Crippen molar-refractivity contribution in [3.63, 3.8) is 0 Å². The van der Waals surface area contributed by atoms with Crippen LogP contribution in [0.1, 0.15) is 24.0 Å². The monoisotopic (exact) mass is 492 g/mol. The number of fused-ring (bicyclic) bond motifs is 1. The number of hydrogen-bond donors (Lipinski definition) is 1. The number of likely N-dealkylation sites (tertiary alicyclic amines) is 1. The molecule has 0 bridgehead atoms. The van der Waals surface area contributed by atoms with E-state index in [-0.39, 0.29) is 24.5 Å². The minimum absolute atomic E-state index is 0.0271. The fraction of sp³-hybridized carbons (Fsp3) is 0.346. The number of aromatic nitrogens is 2. The second-order valence-electron chi connectivity index (χ2n) is 8.85. The quantitative estimate of drug-likeness (QED) is 0.520. The van der Waals surface area contributed by atoms with E-state index in [9.17, 15) is 9.59 Å². The number of amides is 2. The van der Waals surface area contributed by atoms with Crippen molar-refractivity contribution in [1.29, 1.82) is 0 Å². The normalized spacial score (nSPS) is 15.3. The van der Waals surface area contributed by atoms with Crippen molar-refractivity contribution in [3.05, 3.63) is 59.9 Å². The summed E-state index contributed by atoms with van der Waals surface area (Å²) in [5, 5.41) is 3.76. The first-order chi connectivity index (χ1) is 17.0. The SMILES string of the molecule is Cc1ccc(-n2ccnc2SCC(=O)N2CCC(C(=O)Nc3ccc4c(c3)OCO4)CC2)cc1C. The van der Waals surface area contributed by atoms with Gasteiger partial charge in [-0.15, -0.1) is 0 Å². The highest BCUT2D eigenvalue weighted by Gasteiger charge is 2.28. The van der Waals surface area contributed by atoms with Crippen LogP contribution in [0.2, 0.25) is 0 Å². The van der Waals surface area contributed by atoms with Gasteiger partial charge < -0.3 is 19.7 Å². The molecule has 0 atom stereocenters. The second-order valence-corrected chi connectivity index (χ2v) is 9.79. The molecule has 1 N–H and O–H groups in total. The summed E-state index contributed by atoms with van der Waals surface area (Å²) >= 11 is 1.44. The number of piperidine rings is 1. The number of rotatable bonds is 6. The summed E-state index contributed by atoms with van der Waals surface area (Å²) in [6, 6.07) is 11.7. The van der Waals surface area contributed by atoms with Crippen LogP contribution >= 0.6 is 11.8 Å². The van der Waals surface area contributed by atoms with Gasteiger partial charge in [0.2, 0.25) is 18.6 Å². The Bertz CT molecular complexity index is 1250. The molecule has 9 heteroatoms. The van der Waals surface area contributed by atoms with Crippen molar-refractivity contribution in [1.82, 2.24) is 14.5 Å². The molecule has 2 aromatic carbocycles. The Kier molecular flexibility index (Phi) is 6.68. The third-order valence-corrected chi connectivity index (χ3v) is 7.51. The molecule has 0 radical (unpaired) electrons. The lowest BCUT2D eigenvalue weighted by molar-refractivity contribution is -0.132. The van der Waals surface area contributed by atoms with Gasteiger partial charge in [0.05, 0.1) is 5.75 Å². The number of nitrogens with zero attached hydrogens (tertiary/aromatic N) is 3. The maximum Gasteiger partial charge on any atom is 0.233 e. The molecular formula is C26H28N4O4S. The average molecular weight is 493 g/mol. The number of nitrogens with one attached hydrogen (secondary N) is 1.